The van der Waals surface area contributed by atoms with Gasteiger partial charge in [0.15, 0.2) is 0 Å². The summed E-state index contributed by atoms with van der Waals surface area (Å²) in [5.74, 6) is -0.0420. The van der Waals surface area contributed by atoms with Crippen LogP contribution in [0.1, 0.15) is 35.8 Å². The Morgan fingerprint density at radius 2 is 2.20 bits per heavy atom. The summed E-state index contributed by atoms with van der Waals surface area (Å²) in [5.41, 5.74) is 1.08. The van der Waals surface area contributed by atoms with E-state index < -0.39 is 0 Å². The van der Waals surface area contributed by atoms with Crippen molar-refractivity contribution in [3.63, 3.8) is 0 Å². The Morgan fingerprint density at radius 1 is 1.40 bits per heavy atom. The molecule has 132 valence electrons. The Hall–Kier alpha value is -2.47. The molecule has 2 heterocycles. The highest BCUT2D eigenvalue weighted by Gasteiger charge is 2.35. The van der Waals surface area contributed by atoms with Crippen LogP contribution in [0.2, 0.25) is 0 Å². The Bertz CT molecular complexity index is 782. The molecule has 0 bridgehead atoms. The SMILES string of the molecule is CCn1ccc(C(=O)N[C@@H](Cc2ccccn2)C2CC(O)C2)cc1=O. The average Bonchev–Trinajstić information content (AvgIpc) is 2.59. The molecule has 0 spiro atoms. The fourth-order valence-electron chi connectivity index (χ4n) is 3.20. The lowest BCUT2D eigenvalue weighted by Crippen LogP contribution is -2.48. The lowest BCUT2D eigenvalue weighted by Gasteiger charge is -2.38. The number of hydrogen-bond donors (Lipinski definition) is 2. The largest absolute Gasteiger partial charge is 0.393 e. The first-order valence-electron chi connectivity index (χ1n) is 8.66. The number of aliphatic hydroxyl groups is 1. The number of aryl methyl sites for hydroxylation is 1. The fourth-order valence-corrected chi connectivity index (χ4v) is 3.20. The van der Waals surface area contributed by atoms with E-state index in [1.165, 1.54) is 6.07 Å². The molecule has 6 heteroatoms. The maximum Gasteiger partial charge on any atom is 0.251 e. The zero-order chi connectivity index (χ0) is 17.8. The zero-order valence-corrected chi connectivity index (χ0v) is 14.3. The third-order valence-corrected chi connectivity index (χ3v) is 4.79. The number of nitrogens with one attached hydrogen (secondary N) is 1. The molecule has 2 aromatic rings. The fraction of sp³-hybridized carbons (Fsp3) is 0.421. The minimum absolute atomic E-state index is 0.112. The van der Waals surface area contributed by atoms with Gasteiger partial charge in [-0.1, -0.05) is 6.07 Å². The molecule has 1 atom stereocenters. The molecular formula is C19H23N3O3. The highest BCUT2D eigenvalue weighted by Crippen LogP contribution is 2.31. The maximum absolute atomic E-state index is 12.6. The lowest BCUT2D eigenvalue weighted by molar-refractivity contribution is 0.0238. The van der Waals surface area contributed by atoms with E-state index >= 15 is 0 Å². The van der Waals surface area contributed by atoms with Crippen molar-refractivity contribution in [2.45, 2.75) is 44.9 Å². The molecule has 0 aliphatic heterocycles. The minimum atomic E-state index is -0.290. The van der Waals surface area contributed by atoms with Gasteiger partial charge in [-0.15, -0.1) is 0 Å². The summed E-state index contributed by atoms with van der Waals surface area (Å²) in [7, 11) is 0. The summed E-state index contributed by atoms with van der Waals surface area (Å²) in [6, 6.07) is 8.62. The first kappa shape index (κ1) is 17.4. The van der Waals surface area contributed by atoms with Crippen LogP contribution in [0, 0.1) is 5.92 Å². The van der Waals surface area contributed by atoms with E-state index in [1.54, 1.807) is 23.0 Å². The van der Waals surface area contributed by atoms with Crippen molar-refractivity contribution in [3.8, 4) is 0 Å². The van der Waals surface area contributed by atoms with E-state index in [1.807, 2.05) is 25.1 Å². The Labute approximate surface area is 146 Å². The minimum Gasteiger partial charge on any atom is -0.393 e. The topological polar surface area (TPSA) is 84.2 Å². The lowest BCUT2D eigenvalue weighted by atomic mass is 9.76. The molecule has 3 rings (SSSR count). The van der Waals surface area contributed by atoms with Gasteiger partial charge in [0.2, 0.25) is 0 Å². The van der Waals surface area contributed by atoms with Crippen molar-refractivity contribution in [2.75, 3.05) is 0 Å². The molecule has 1 aliphatic rings. The molecule has 0 saturated heterocycles. The highest BCUT2D eigenvalue weighted by atomic mass is 16.3. The van der Waals surface area contributed by atoms with Crippen molar-refractivity contribution in [1.82, 2.24) is 14.9 Å². The zero-order valence-electron chi connectivity index (χ0n) is 14.3. The van der Waals surface area contributed by atoms with E-state index in [4.69, 9.17) is 0 Å². The van der Waals surface area contributed by atoms with Crippen LogP contribution < -0.4 is 10.9 Å². The number of carbonyl (C=O) groups excluding carboxylic acids is 1. The van der Waals surface area contributed by atoms with Gasteiger partial charge in [0.1, 0.15) is 0 Å². The second kappa shape index (κ2) is 7.61. The van der Waals surface area contributed by atoms with E-state index in [-0.39, 0.29) is 29.5 Å². The molecule has 25 heavy (non-hydrogen) atoms. The van der Waals surface area contributed by atoms with Gasteiger partial charge in [-0.25, -0.2) is 0 Å². The number of carbonyl (C=O) groups is 1. The van der Waals surface area contributed by atoms with Crippen molar-refractivity contribution >= 4 is 5.91 Å². The van der Waals surface area contributed by atoms with Crippen LogP contribution in [-0.4, -0.2) is 32.7 Å². The first-order chi connectivity index (χ1) is 12.1. The molecule has 1 amide bonds. The predicted octanol–water partition coefficient (Wildman–Crippen LogP) is 1.38. The third-order valence-electron chi connectivity index (χ3n) is 4.79. The van der Waals surface area contributed by atoms with Gasteiger partial charge in [-0.2, -0.15) is 0 Å². The van der Waals surface area contributed by atoms with Crippen molar-refractivity contribution < 1.29 is 9.90 Å². The summed E-state index contributed by atoms with van der Waals surface area (Å²) in [6.45, 7) is 2.45. The maximum atomic E-state index is 12.6. The van der Waals surface area contributed by atoms with Crippen LogP contribution in [-0.2, 0) is 13.0 Å². The smallest absolute Gasteiger partial charge is 0.251 e. The number of nitrogens with zero attached hydrogens (tertiary/aromatic N) is 2. The number of aromatic nitrogens is 2. The molecule has 1 fully saturated rings. The van der Waals surface area contributed by atoms with Crippen LogP contribution in [0.3, 0.4) is 0 Å². The first-order valence-corrected chi connectivity index (χ1v) is 8.66. The summed E-state index contributed by atoms with van der Waals surface area (Å²) in [4.78, 5) is 28.8. The van der Waals surface area contributed by atoms with Crippen LogP contribution >= 0.6 is 0 Å². The van der Waals surface area contributed by atoms with Gasteiger partial charge in [0.05, 0.1) is 6.10 Å². The molecule has 6 nitrogen and oxygen atoms in total. The van der Waals surface area contributed by atoms with Crippen LogP contribution in [0.25, 0.3) is 0 Å². The molecule has 2 N–H and O–H groups in total. The Kier molecular flexibility index (Phi) is 5.28. The third kappa shape index (κ3) is 4.14. The van der Waals surface area contributed by atoms with Gasteiger partial charge in [-0.3, -0.25) is 14.6 Å². The molecular weight excluding hydrogens is 318 g/mol. The summed E-state index contributed by atoms with van der Waals surface area (Å²) in [5, 5.41) is 12.6. The van der Waals surface area contributed by atoms with Gasteiger partial charge in [0, 0.05) is 48.7 Å². The predicted molar refractivity (Wildman–Crippen MR) is 94.3 cm³/mol. The average molecular weight is 341 g/mol. The number of amides is 1. The summed E-state index contributed by atoms with van der Waals surface area (Å²) < 4.78 is 1.55. The summed E-state index contributed by atoms with van der Waals surface area (Å²) in [6.07, 6.45) is 5.04. The van der Waals surface area contributed by atoms with Crippen molar-refractivity contribution in [3.05, 3.63) is 64.3 Å². The standard InChI is InChI=1S/C19H23N3O3/c1-2-22-8-6-13(11-18(22)24)19(25)21-17(14-9-16(23)10-14)12-15-5-3-4-7-20-15/h3-8,11,14,16-17,23H,2,9-10,12H2,1H3,(H,21,25)/t14?,16?,17-/m0/s1. The molecule has 0 radical (unpaired) electrons. The Balaban J connectivity index is 1.74. The van der Waals surface area contributed by atoms with Gasteiger partial charge in [0.25, 0.3) is 11.5 Å². The van der Waals surface area contributed by atoms with Crippen LogP contribution in [0.5, 0.6) is 0 Å². The summed E-state index contributed by atoms with van der Waals surface area (Å²) >= 11 is 0. The number of hydrogen-bond acceptors (Lipinski definition) is 4. The molecule has 1 aliphatic carbocycles. The van der Waals surface area contributed by atoms with Crippen LogP contribution in [0.4, 0.5) is 0 Å². The van der Waals surface area contributed by atoms with E-state index in [0.29, 0.717) is 31.4 Å². The quantitative estimate of drug-likeness (QED) is 0.831. The van der Waals surface area contributed by atoms with Gasteiger partial charge in [-0.05, 0) is 43.9 Å². The molecule has 2 aromatic heterocycles. The van der Waals surface area contributed by atoms with Gasteiger partial charge < -0.3 is 15.0 Å². The number of pyridine rings is 2. The normalized spacial score (nSPS) is 20.6. The van der Waals surface area contributed by atoms with Crippen molar-refractivity contribution in [2.24, 2.45) is 5.92 Å². The van der Waals surface area contributed by atoms with E-state index in [0.717, 1.165) is 5.69 Å². The molecule has 1 saturated carbocycles. The molecule has 0 unspecified atom stereocenters. The number of aliphatic hydroxyl groups excluding tert-OH is 1. The van der Waals surface area contributed by atoms with Crippen LogP contribution in [0.15, 0.2) is 47.5 Å². The van der Waals surface area contributed by atoms with E-state index in [2.05, 4.69) is 10.3 Å². The Morgan fingerprint density at radius 3 is 2.80 bits per heavy atom. The second-order valence-corrected chi connectivity index (χ2v) is 6.53. The molecule has 0 aromatic carbocycles. The van der Waals surface area contributed by atoms with Gasteiger partial charge >= 0.3 is 0 Å². The monoisotopic (exact) mass is 341 g/mol. The highest BCUT2D eigenvalue weighted by molar-refractivity contribution is 5.94. The number of rotatable bonds is 6. The van der Waals surface area contributed by atoms with Crippen molar-refractivity contribution in [1.29, 1.82) is 0 Å². The second-order valence-electron chi connectivity index (χ2n) is 6.53. The van der Waals surface area contributed by atoms with E-state index in [9.17, 15) is 14.7 Å².